The Labute approximate surface area is 111 Å². The van der Waals surface area contributed by atoms with E-state index in [1.165, 1.54) is 12.1 Å². The molecule has 1 aromatic carbocycles. The van der Waals surface area contributed by atoms with E-state index in [0.717, 1.165) is 11.9 Å². The van der Waals surface area contributed by atoms with Gasteiger partial charge in [-0.3, -0.25) is 0 Å². The number of benzene rings is 1. The second kappa shape index (κ2) is 5.93. The topological polar surface area (TPSA) is 29.9 Å². The Morgan fingerprint density at radius 1 is 1.26 bits per heavy atom. The van der Waals surface area contributed by atoms with Gasteiger partial charge in [0, 0.05) is 25.5 Å². The Morgan fingerprint density at radius 3 is 2.53 bits per heavy atom. The van der Waals surface area contributed by atoms with Crippen LogP contribution in [-0.2, 0) is 13.5 Å². The van der Waals surface area contributed by atoms with Crippen LogP contribution < -0.4 is 5.32 Å². The zero-order chi connectivity index (χ0) is 13.8. The van der Waals surface area contributed by atoms with Crippen LogP contribution in [-0.4, -0.2) is 16.1 Å². The first-order chi connectivity index (χ1) is 9.06. The fourth-order valence-electron chi connectivity index (χ4n) is 2.07. The smallest absolute Gasteiger partial charge is 0.126 e. The summed E-state index contributed by atoms with van der Waals surface area (Å²) in [7, 11) is 1.93. The fraction of sp³-hybridized carbons (Fsp3) is 0.357. The highest BCUT2D eigenvalue weighted by Crippen LogP contribution is 2.10. The third kappa shape index (κ3) is 3.61. The molecule has 19 heavy (non-hydrogen) atoms. The molecule has 0 bridgehead atoms. The van der Waals surface area contributed by atoms with E-state index >= 15 is 0 Å². The maximum absolute atomic E-state index is 13.0. The molecule has 0 aliphatic rings. The lowest BCUT2D eigenvalue weighted by Gasteiger charge is -2.13. The third-order valence-corrected chi connectivity index (χ3v) is 3.03. The van der Waals surface area contributed by atoms with Crippen molar-refractivity contribution < 1.29 is 8.78 Å². The summed E-state index contributed by atoms with van der Waals surface area (Å²) in [6.07, 6.45) is 4.20. The first-order valence-corrected chi connectivity index (χ1v) is 6.22. The normalized spacial score (nSPS) is 12.6. The van der Waals surface area contributed by atoms with E-state index in [1.807, 2.05) is 24.7 Å². The molecule has 0 spiro atoms. The molecule has 102 valence electrons. The molecule has 1 atom stereocenters. The van der Waals surface area contributed by atoms with Crippen LogP contribution in [0.4, 0.5) is 8.78 Å². The van der Waals surface area contributed by atoms with E-state index in [0.29, 0.717) is 18.5 Å². The van der Waals surface area contributed by atoms with E-state index in [1.54, 1.807) is 6.20 Å². The summed E-state index contributed by atoms with van der Waals surface area (Å²) in [5.41, 5.74) is 0.650. The third-order valence-electron chi connectivity index (χ3n) is 3.03. The van der Waals surface area contributed by atoms with Crippen LogP contribution in [0.2, 0.25) is 0 Å². The highest BCUT2D eigenvalue weighted by molar-refractivity contribution is 5.18. The Morgan fingerprint density at radius 2 is 1.95 bits per heavy atom. The van der Waals surface area contributed by atoms with Crippen molar-refractivity contribution in [2.45, 2.75) is 19.4 Å². The molecule has 0 amide bonds. The molecule has 0 aliphatic carbocycles. The van der Waals surface area contributed by atoms with Crippen molar-refractivity contribution in [2.24, 2.45) is 7.05 Å². The molecular weight excluding hydrogens is 248 g/mol. The Bertz CT molecular complexity index is 531. The summed E-state index contributed by atoms with van der Waals surface area (Å²) >= 11 is 0. The molecule has 1 aromatic heterocycles. The van der Waals surface area contributed by atoms with E-state index in [-0.39, 0.29) is 6.04 Å². The van der Waals surface area contributed by atoms with Crippen molar-refractivity contribution in [2.75, 3.05) is 6.54 Å². The van der Waals surface area contributed by atoms with Gasteiger partial charge in [-0.1, -0.05) is 0 Å². The molecule has 0 aliphatic heterocycles. The predicted molar refractivity (Wildman–Crippen MR) is 69.7 cm³/mol. The Hall–Kier alpha value is -1.75. The number of hydrogen-bond acceptors (Lipinski definition) is 2. The number of aromatic nitrogens is 2. The van der Waals surface area contributed by atoms with E-state index in [2.05, 4.69) is 10.3 Å². The van der Waals surface area contributed by atoms with Crippen molar-refractivity contribution in [1.29, 1.82) is 0 Å². The van der Waals surface area contributed by atoms with Crippen LogP contribution in [0.15, 0.2) is 30.6 Å². The zero-order valence-electron chi connectivity index (χ0n) is 11.0. The SMILES string of the molecule is CC(NCCc1cc(F)cc(F)c1)c1nccn1C. The van der Waals surface area contributed by atoms with Crippen molar-refractivity contribution in [3.05, 3.63) is 53.6 Å². The molecule has 0 saturated carbocycles. The standard InChI is InChI=1S/C14H17F2N3/c1-10(14-18-5-6-19(14)2)17-4-3-11-7-12(15)9-13(16)8-11/h5-10,17H,3-4H2,1-2H3. The Balaban J connectivity index is 1.88. The molecule has 1 unspecified atom stereocenters. The van der Waals surface area contributed by atoms with Crippen molar-refractivity contribution in [3.8, 4) is 0 Å². The van der Waals surface area contributed by atoms with Crippen LogP contribution in [0, 0.1) is 11.6 Å². The number of nitrogens with zero attached hydrogens (tertiary/aromatic N) is 2. The lowest BCUT2D eigenvalue weighted by Crippen LogP contribution is -2.23. The largest absolute Gasteiger partial charge is 0.337 e. The first kappa shape index (κ1) is 13.7. The van der Waals surface area contributed by atoms with Gasteiger partial charge < -0.3 is 9.88 Å². The summed E-state index contributed by atoms with van der Waals surface area (Å²) < 4.78 is 28.0. The van der Waals surface area contributed by atoms with Gasteiger partial charge in [0.2, 0.25) is 0 Å². The van der Waals surface area contributed by atoms with Crippen LogP contribution in [0.5, 0.6) is 0 Å². The summed E-state index contributed by atoms with van der Waals surface area (Å²) in [4.78, 5) is 4.25. The van der Waals surface area contributed by atoms with Crippen molar-refractivity contribution in [1.82, 2.24) is 14.9 Å². The van der Waals surface area contributed by atoms with Crippen molar-refractivity contribution >= 4 is 0 Å². The zero-order valence-corrected chi connectivity index (χ0v) is 11.0. The van der Waals surface area contributed by atoms with Gasteiger partial charge in [-0.2, -0.15) is 0 Å². The van der Waals surface area contributed by atoms with Crippen molar-refractivity contribution in [3.63, 3.8) is 0 Å². The van der Waals surface area contributed by atoms with Gasteiger partial charge in [0.15, 0.2) is 0 Å². The quantitative estimate of drug-likeness (QED) is 0.900. The Kier molecular flexibility index (Phi) is 4.27. The maximum Gasteiger partial charge on any atom is 0.126 e. The maximum atomic E-state index is 13.0. The summed E-state index contributed by atoms with van der Waals surface area (Å²) in [6.45, 7) is 2.64. The molecule has 5 heteroatoms. The molecule has 1 heterocycles. The van der Waals surface area contributed by atoms with Gasteiger partial charge in [0.1, 0.15) is 17.5 Å². The molecule has 2 rings (SSSR count). The minimum atomic E-state index is -0.535. The number of aryl methyl sites for hydroxylation is 1. The molecule has 2 aromatic rings. The molecule has 3 nitrogen and oxygen atoms in total. The number of nitrogens with one attached hydrogen (secondary N) is 1. The number of hydrogen-bond donors (Lipinski definition) is 1. The van der Waals surface area contributed by atoms with E-state index < -0.39 is 11.6 Å². The lowest BCUT2D eigenvalue weighted by atomic mass is 10.1. The van der Waals surface area contributed by atoms with Crippen LogP contribution >= 0.6 is 0 Å². The van der Waals surface area contributed by atoms with Gasteiger partial charge in [-0.15, -0.1) is 0 Å². The molecule has 0 radical (unpaired) electrons. The summed E-state index contributed by atoms with van der Waals surface area (Å²) in [6, 6.07) is 3.69. The average molecular weight is 265 g/mol. The molecule has 0 fully saturated rings. The van der Waals surface area contributed by atoms with Gasteiger partial charge in [-0.05, 0) is 37.6 Å². The van der Waals surface area contributed by atoms with Crippen LogP contribution in [0.3, 0.4) is 0 Å². The molecular formula is C14H17F2N3. The number of halogens is 2. The summed E-state index contributed by atoms with van der Waals surface area (Å²) in [5.74, 6) is -0.135. The number of imidazole rings is 1. The number of rotatable bonds is 5. The van der Waals surface area contributed by atoms with Gasteiger partial charge in [-0.25, -0.2) is 13.8 Å². The lowest BCUT2D eigenvalue weighted by molar-refractivity contribution is 0.530. The highest BCUT2D eigenvalue weighted by Gasteiger charge is 2.09. The van der Waals surface area contributed by atoms with Gasteiger partial charge in [0.05, 0.1) is 6.04 Å². The monoisotopic (exact) mass is 265 g/mol. The molecule has 0 saturated heterocycles. The second-order valence-corrected chi connectivity index (χ2v) is 4.60. The minimum Gasteiger partial charge on any atom is -0.337 e. The highest BCUT2D eigenvalue weighted by atomic mass is 19.1. The fourth-order valence-corrected chi connectivity index (χ4v) is 2.07. The van der Waals surface area contributed by atoms with Gasteiger partial charge in [0.25, 0.3) is 0 Å². The van der Waals surface area contributed by atoms with Crippen LogP contribution in [0.1, 0.15) is 24.4 Å². The average Bonchev–Trinajstić information content (AvgIpc) is 2.74. The first-order valence-electron chi connectivity index (χ1n) is 6.22. The second-order valence-electron chi connectivity index (χ2n) is 4.60. The molecule has 1 N–H and O–H groups in total. The van der Waals surface area contributed by atoms with Crippen LogP contribution in [0.25, 0.3) is 0 Å². The minimum absolute atomic E-state index is 0.0957. The predicted octanol–water partition coefficient (Wildman–Crippen LogP) is 2.59. The van der Waals surface area contributed by atoms with E-state index in [9.17, 15) is 8.78 Å². The van der Waals surface area contributed by atoms with E-state index in [4.69, 9.17) is 0 Å². The van der Waals surface area contributed by atoms with Gasteiger partial charge >= 0.3 is 0 Å². The summed E-state index contributed by atoms with van der Waals surface area (Å²) in [5, 5.41) is 3.29.